The van der Waals surface area contributed by atoms with Gasteiger partial charge in [-0.15, -0.1) is 10.2 Å². The number of methoxy groups -OCH3 is 1. The molecular formula is C17H20N8OS. The number of para-hydroxylation sites is 1. The van der Waals surface area contributed by atoms with Gasteiger partial charge in [0.25, 0.3) is 0 Å². The molecule has 0 amide bonds. The van der Waals surface area contributed by atoms with E-state index in [1.54, 1.807) is 24.0 Å². The van der Waals surface area contributed by atoms with Crippen LogP contribution in [-0.4, -0.2) is 50.0 Å². The van der Waals surface area contributed by atoms with Gasteiger partial charge in [0.15, 0.2) is 5.65 Å². The van der Waals surface area contributed by atoms with Crippen molar-refractivity contribution in [3.8, 4) is 5.75 Å². The van der Waals surface area contributed by atoms with Crippen LogP contribution in [0.4, 0.5) is 11.1 Å². The van der Waals surface area contributed by atoms with Crippen molar-refractivity contribution in [1.82, 2.24) is 29.8 Å². The molecule has 4 aromatic rings. The molecule has 0 saturated carbocycles. The number of ether oxygens (including phenoxy) is 1. The van der Waals surface area contributed by atoms with Crippen LogP contribution in [-0.2, 0) is 0 Å². The molecule has 0 radical (unpaired) electrons. The molecule has 1 aromatic carbocycles. The smallest absolute Gasteiger partial charge is 0.223 e. The minimum absolute atomic E-state index is 0.296. The van der Waals surface area contributed by atoms with E-state index in [0.717, 1.165) is 23.6 Å². The second kappa shape index (κ2) is 7.70. The van der Waals surface area contributed by atoms with Gasteiger partial charge in [-0.1, -0.05) is 17.4 Å². The number of hydrogen-bond acceptors (Lipinski definition) is 9. The molecule has 0 unspecified atom stereocenters. The number of benzene rings is 1. The van der Waals surface area contributed by atoms with E-state index < -0.39 is 0 Å². The molecule has 0 atom stereocenters. The minimum atomic E-state index is 0.296. The summed E-state index contributed by atoms with van der Waals surface area (Å²) >= 11 is 1.63. The highest BCUT2D eigenvalue weighted by Gasteiger charge is 2.12. The molecule has 0 aliphatic carbocycles. The zero-order valence-corrected chi connectivity index (χ0v) is 15.8. The fraction of sp³-hybridized carbons (Fsp3) is 0.353. The highest BCUT2D eigenvalue weighted by molar-refractivity contribution is 7.13. The molecule has 4 heterocycles. The summed E-state index contributed by atoms with van der Waals surface area (Å²) in [6, 6.07) is 5.63. The second-order valence-electron chi connectivity index (χ2n) is 6.09. The van der Waals surface area contributed by atoms with E-state index >= 15 is 0 Å². The lowest BCUT2D eigenvalue weighted by Crippen LogP contribution is -2.29. The Morgan fingerprint density at radius 1 is 1.19 bits per heavy atom. The predicted molar refractivity (Wildman–Crippen MR) is 105 cm³/mol. The van der Waals surface area contributed by atoms with Crippen LogP contribution < -0.4 is 15.4 Å². The maximum atomic E-state index is 5.78. The van der Waals surface area contributed by atoms with Crippen LogP contribution in [0.25, 0.3) is 16.6 Å². The number of nitrogens with zero attached hydrogens (tertiary/aromatic N) is 7. The Morgan fingerprint density at radius 2 is 2.04 bits per heavy atom. The van der Waals surface area contributed by atoms with E-state index in [-0.39, 0.29) is 0 Å². The third-order valence-corrected chi connectivity index (χ3v) is 5.18. The van der Waals surface area contributed by atoms with Crippen molar-refractivity contribution in [2.45, 2.75) is 19.3 Å². The Hall–Kier alpha value is -3.01. The highest BCUT2D eigenvalue weighted by atomic mass is 32.1. The number of fused-ring (bicyclic) bond motifs is 3. The van der Waals surface area contributed by atoms with Crippen LogP contribution in [0.15, 0.2) is 30.0 Å². The van der Waals surface area contributed by atoms with E-state index in [0.29, 0.717) is 22.9 Å². The average Bonchev–Trinajstić information content (AvgIpc) is 3.41. The quantitative estimate of drug-likeness (QED) is 0.561. The highest BCUT2D eigenvalue weighted by Crippen LogP contribution is 2.26. The van der Waals surface area contributed by atoms with Gasteiger partial charge in [-0.2, -0.15) is 9.61 Å². The monoisotopic (exact) mass is 384 g/mol. The van der Waals surface area contributed by atoms with Gasteiger partial charge in [0.05, 0.1) is 7.11 Å². The molecule has 0 bridgehead atoms. The molecule has 1 fully saturated rings. The number of nitrogens with two attached hydrogens (primary N) is 1. The lowest BCUT2D eigenvalue weighted by atomic mass is 10.1. The lowest BCUT2D eigenvalue weighted by molar-refractivity contribution is 0.419. The molecule has 27 heavy (non-hydrogen) atoms. The number of piperidine rings is 1. The van der Waals surface area contributed by atoms with E-state index in [2.05, 4.69) is 30.2 Å². The molecular weight excluding hydrogens is 364 g/mol. The summed E-state index contributed by atoms with van der Waals surface area (Å²) in [7, 11) is 1.60. The van der Waals surface area contributed by atoms with Crippen molar-refractivity contribution in [1.29, 1.82) is 0 Å². The maximum absolute atomic E-state index is 5.78. The predicted octanol–water partition coefficient (Wildman–Crippen LogP) is 2.40. The van der Waals surface area contributed by atoms with Crippen molar-refractivity contribution in [2.75, 3.05) is 30.8 Å². The number of aromatic nitrogens is 6. The van der Waals surface area contributed by atoms with Crippen LogP contribution in [0, 0.1) is 0 Å². The maximum Gasteiger partial charge on any atom is 0.223 e. The van der Waals surface area contributed by atoms with Crippen molar-refractivity contribution in [2.24, 2.45) is 0 Å². The summed E-state index contributed by atoms with van der Waals surface area (Å²) in [6.07, 6.45) is 5.43. The van der Waals surface area contributed by atoms with E-state index in [1.165, 1.54) is 30.1 Å². The first kappa shape index (κ1) is 17.4. The molecule has 0 spiro atoms. The molecule has 5 rings (SSSR count). The van der Waals surface area contributed by atoms with Crippen LogP contribution >= 0.6 is 11.3 Å². The van der Waals surface area contributed by atoms with E-state index in [9.17, 15) is 0 Å². The average molecular weight is 384 g/mol. The SMILES string of the molecule is COc1cccc2c1nc(N)n1ncnc21.c1nnc(N2CCCCC2)s1. The van der Waals surface area contributed by atoms with Gasteiger partial charge in [-0.3, -0.25) is 0 Å². The van der Waals surface area contributed by atoms with E-state index in [4.69, 9.17) is 10.5 Å². The largest absolute Gasteiger partial charge is 0.494 e. The first-order valence-electron chi connectivity index (χ1n) is 8.71. The van der Waals surface area contributed by atoms with Gasteiger partial charge in [0, 0.05) is 18.5 Å². The van der Waals surface area contributed by atoms with Gasteiger partial charge in [-0.25, -0.2) is 9.97 Å². The van der Waals surface area contributed by atoms with Crippen LogP contribution in [0.5, 0.6) is 5.75 Å². The molecule has 2 N–H and O–H groups in total. The topological polar surface area (TPSA) is 107 Å². The standard InChI is InChI=1S/C10H9N5O.C7H11N3S/c1-16-7-4-2-3-6-8(7)14-10(11)15-9(6)12-5-13-15;1-2-4-10(5-3-1)7-9-8-6-11-7/h2-5H,1H3,(H2,11,14);6H,1-5H2. The minimum Gasteiger partial charge on any atom is -0.494 e. The molecule has 10 heteroatoms. The summed E-state index contributed by atoms with van der Waals surface area (Å²) in [5.41, 5.74) is 8.96. The first-order chi connectivity index (χ1) is 13.3. The summed E-state index contributed by atoms with van der Waals surface area (Å²) in [5, 5.41) is 13.8. The molecule has 9 nitrogen and oxygen atoms in total. The van der Waals surface area contributed by atoms with Gasteiger partial charge in [-0.05, 0) is 31.4 Å². The zero-order chi connectivity index (χ0) is 18.6. The number of anilines is 2. The van der Waals surface area contributed by atoms with Gasteiger partial charge >= 0.3 is 0 Å². The molecule has 3 aromatic heterocycles. The summed E-state index contributed by atoms with van der Waals surface area (Å²) in [5.74, 6) is 0.971. The third kappa shape index (κ3) is 3.47. The van der Waals surface area contributed by atoms with Crippen LogP contribution in [0.1, 0.15) is 19.3 Å². The summed E-state index contributed by atoms with van der Waals surface area (Å²) in [6.45, 7) is 2.32. The summed E-state index contributed by atoms with van der Waals surface area (Å²) < 4.78 is 6.73. The van der Waals surface area contributed by atoms with Crippen molar-refractivity contribution in [3.63, 3.8) is 0 Å². The van der Waals surface area contributed by atoms with E-state index in [1.807, 2.05) is 18.2 Å². The summed E-state index contributed by atoms with van der Waals surface area (Å²) in [4.78, 5) is 10.7. The fourth-order valence-corrected chi connectivity index (χ4v) is 3.74. The molecule has 1 aliphatic heterocycles. The molecule has 1 saturated heterocycles. The fourth-order valence-electron chi connectivity index (χ4n) is 3.13. The van der Waals surface area contributed by atoms with Crippen molar-refractivity contribution in [3.05, 3.63) is 30.0 Å². The Balaban J connectivity index is 0.000000143. The molecule has 1 aliphatic rings. The number of hydrogen-bond donors (Lipinski definition) is 1. The van der Waals surface area contributed by atoms with Gasteiger partial charge in [0.2, 0.25) is 11.1 Å². The second-order valence-corrected chi connectivity index (χ2v) is 6.90. The Morgan fingerprint density at radius 3 is 2.78 bits per heavy atom. The Kier molecular flexibility index (Phi) is 4.97. The van der Waals surface area contributed by atoms with Gasteiger partial charge < -0.3 is 15.4 Å². The third-order valence-electron chi connectivity index (χ3n) is 4.43. The van der Waals surface area contributed by atoms with Gasteiger partial charge in [0.1, 0.15) is 23.1 Å². The van der Waals surface area contributed by atoms with Crippen LogP contribution in [0.2, 0.25) is 0 Å². The number of nitrogen functional groups attached to an aromatic ring is 1. The van der Waals surface area contributed by atoms with Crippen molar-refractivity contribution >= 4 is 39.0 Å². The first-order valence-corrected chi connectivity index (χ1v) is 9.59. The normalized spacial score (nSPS) is 14.2. The Bertz CT molecular complexity index is 1030. The zero-order valence-electron chi connectivity index (χ0n) is 14.9. The Labute approximate surface area is 159 Å². The number of rotatable bonds is 2. The van der Waals surface area contributed by atoms with Crippen LogP contribution in [0.3, 0.4) is 0 Å². The molecule has 140 valence electrons. The van der Waals surface area contributed by atoms with Crippen molar-refractivity contribution < 1.29 is 4.74 Å². The lowest BCUT2D eigenvalue weighted by Gasteiger charge is -2.25.